The SMILES string of the molecule is CC1(CNC(=O)/C=C/c2nc3ccccc3o2)COC1. The predicted octanol–water partition coefficient (Wildman–Crippen LogP) is 1.99. The van der Waals surface area contributed by atoms with Gasteiger partial charge in [0.05, 0.1) is 13.2 Å². The highest BCUT2D eigenvalue weighted by Crippen LogP contribution is 2.25. The Labute approximate surface area is 116 Å². The average molecular weight is 272 g/mol. The van der Waals surface area contributed by atoms with Gasteiger partial charge in [-0.15, -0.1) is 0 Å². The van der Waals surface area contributed by atoms with Crippen LogP contribution in [0.25, 0.3) is 17.2 Å². The summed E-state index contributed by atoms with van der Waals surface area (Å²) in [5.74, 6) is 0.278. The van der Waals surface area contributed by atoms with Crippen molar-refractivity contribution in [2.75, 3.05) is 19.8 Å². The Morgan fingerprint density at radius 3 is 2.95 bits per heavy atom. The smallest absolute Gasteiger partial charge is 0.244 e. The molecule has 1 N–H and O–H groups in total. The zero-order valence-electron chi connectivity index (χ0n) is 11.3. The molecule has 1 saturated heterocycles. The fourth-order valence-corrected chi connectivity index (χ4v) is 2.02. The minimum absolute atomic E-state index is 0.0705. The van der Waals surface area contributed by atoms with Crippen LogP contribution in [-0.2, 0) is 9.53 Å². The number of benzene rings is 1. The topological polar surface area (TPSA) is 64.4 Å². The Bertz CT molecular complexity index is 623. The second-order valence-electron chi connectivity index (χ2n) is 5.37. The highest BCUT2D eigenvalue weighted by molar-refractivity contribution is 5.91. The van der Waals surface area contributed by atoms with Crippen molar-refractivity contribution in [3.05, 3.63) is 36.2 Å². The number of carbonyl (C=O) groups is 1. The molecule has 1 aromatic carbocycles. The maximum Gasteiger partial charge on any atom is 0.244 e. The van der Waals surface area contributed by atoms with Crippen LogP contribution in [0.3, 0.4) is 0 Å². The van der Waals surface area contributed by atoms with Crippen LogP contribution in [0, 0.1) is 5.41 Å². The van der Waals surface area contributed by atoms with Crippen LogP contribution in [0.4, 0.5) is 0 Å². The normalized spacial score (nSPS) is 17.2. The molecular weight excluding hydrogens is 256 g/mol. The summed E-state index contributed by atoms with van der Waals surface area (Å²) in [7, 11) is 0. The number of carbonyl (C=O) groups excluding carboxylic acids is 1. The standard InChI is InChI=1S/C15H16N2O3/c1-15(9-19-10-15)8-16-13(18)6-7-14-17-11-4-2-3-5-12(11)20-14/h2-7H,8-10H2,1H3,(H,16,18)/b7-6+. The van der Waals surface area contributed by atoms with Crippen molar-refractivity contribution in [3.8, 4) is 0 Å². The van der Waals surface area contributed by atoms with E-state index in [0.717, 1.165) is 5.52 Å². The van der Waals surface area contributed by atoms with Crippen LogP contribution in [0.5, 0.6) is 0 Å². The molecular formula is C15H16N2O3. The van der Waals surface area contributed by atoms with Gasteiger partial charge in [0.15, 0.2) is 5.58 Å². The van der Waals surface area contributed by atoms with E-state index < -0.39 is 0 Å². The fourth-order valence-electron chi connectivity index (χ4n) is 2.02. The van der Waals surface area contributed by atoms with Gasteiger partial charge in [-0.3, -0.25) is 4.79 Å². The van der Waals surface area contributed by atoms with Crippen LogP contribution < -0.4 is 5.32 Å². The zero-order valence-corrected chi connectivity index (χ0v) is 11.3. The van der Waals surface area contributed by atoms with Gasteiger partial charge >= 0.3 is 0 Å². The van der Waals surface area contributed by atoms with Crippen LogP contribution in [0.1, 0.15) is 12.8 Å². The Kier molecular flexibility index (Phi) is 3.28. The second kappa shape index (κ2) is 5.09. The van der Waals surface area contributed by atoms with E-state index in [2.05, 4.69) is 17.2 Å². The monoisotopic (exact) mass is 272 g/mol. The van der Waals surface area contributed by atoms with Gasteiger partial charge in [-0.1, -0.05) is 19.1 Å². The molecule has 0 saturated carbocycles. The summed E-state index contributed by atoms with van der Waals surface area (Å²) in [4.78, 5) is 16.0. The van der Waals surface area contributed by atoms with Crippen LogP contribution in [0.2, 0.25) is 0 Å². The number of para-hydroxylation sites is 2. The highest BCUT2D eigenvalue weighted by Gasteiger charge is 2.33. The summed E-state index contributed by atoms with van der Waals surface area (Å²) in [5, 5.41) is 2.85. The third kappa shape index (κ3) is 2.72. The van der Waals surface area contributed by atoms with Gasteiger partial charge in [-0.2, -0.15) is 0 Å². The largest absolute Gasteiger partial charge is 0.437 e. The average Bonchev–Trinajstić information content (AvgIpc) is 2.83. The van der Waals surface area contributed by atoms with Gasteiger partial charge in [-0.25, -0.2) is 4.98 Å². The van der Waals surface area contributed by atoms with E-state index in [0.29, 0.717) is 31.2 Å². The quantitative estimate of drug-likeness (QED) is 0.864. The molecule has 0 spiro atoms. The Balaban J connectivity index is 1.60. The third-order valence-corrected chi connectivity index (χ3v) is 3.28. The minimum atomic E-state index is -0.152. The number of oxazole rings is 1. The molecule has 1 amide bonds. The Morgan fingerprint density at radius 2 is 2.25 bits per heavy atom. The van der Waals surface area contributed by atoms with Crippen molar-refractivity contribution in [1.82, 2.24) is 10.3 Å². The number of nitrogens with zero attached hydrogens (tertiary/aromatic N) is 1. The van der Waals surface area contributed by atoms with Gasteiger partial charge in [0.2, 0.25) is 11.8 Å². The van der Waals surface area contributed by atoms with Gasteiger partial charge in [0.1, 0.15) is 5.52 Å². The lowest BCUT2D eigenvalue weighted by atomic mass is 9.89. The first-order valence-electron chi connectivity index (χ1n) is 6.54. The van der Waals surface area contributed by atoms with Crippen molar-refractivity contribution in [1.29, 1.82) is 0 Å². The van der Waals surface area contributed by atoms with Crippen LogP contribution >= 0.6 is 0 Å². The summed E-state index contributed by atoms with van der Waals surface area (Å²) in [6.45, 7) is 4.09. The molecule has 0 bridgehead atoms. The van der Waals surface area contributed by atoms with Crippen LogP contribution in [-0.4, -0.2) is 30.6 Å². The number of amides is 1. The Hall–Kier alpha value is -2.14. The van der Waals surface area contributed by atoms with Crippen molar-refractivity contribution < 1.29 is 13.9 Å². The predicted molar refractivity (Wildman–Crippen MR) is 75.0 cm³/mol. The molecule has 2 aromatic rings. The van der Waals surface area contributed by atoms with E-state index in [-0.39, 0.29) is 11.3 Å². The number of aromatic nitrogens is 1. The van der Waals surface area contributed by atoms with E-state index in [1.807, 2.05) is 24.3 Å². The Morgan fingerprint density at radius 1 is 1.45 bits per heavy atom. The van der Waals surface area contributed by atoms with Gasteiger partial charge < -0.3 is 14.5 Å². The summed E-state index contributed by atoms with van der Waals surface area (Å²) in [6, 6.07) is 7.49. The molecule has 3 rings (SSSR count). The number of ether oxygens (including phenoxy) is 1. The summed E-state index contributed by atoms with van der Waals surface area (Å²) >= 11 is 0. The van der Waals surface area contributed by atoms with Gasteiger partial charge in [0.25, 0.3) is 0 Å². The van der Waals surface area contributed by atoms with Crippen molar-refractivity contribution in [2.45, 2.75) is 6.92 Å². The van der Waals surface area contributed by atoms with E-state index in [4.69, 9.17) is 9.15 Å². The maximum absolute atomic E-state index is 11.7. The summed E-state index contributed by atoms with van der Waals surface area (Å²) in [5.41, 5.74) is 1.57. The van der Waals surface area contributed by atoms with E-state index in [9.17, 15) is 4.79 Å². The van der Waals surface area contributed by atoms with E-state index >= 15 is 0 Å². The second-order valence-corrected chi connectivity index (χ2v) is 5.37. The van der Waals surface area contributed by atoms with Gasteiger partial charge in [-0.05, 0) is 12.1 Å². The molecule has 5 nitrogen and oxygen atoms in total. The van der Waals surface area contributed by atoms with Gasteiger partial charge in [0, 0.05) is 24.1 Å². The molecule has 0 unspecified atom stereocenters. The van der Waals surface area contributed by atoms with Crippen LogP contribution in [0.15, 0.2) is 34.8 Å². The molecule has 1 aliphatic heterocycles. The summed E-state index contributed by atoms with van der Waals surface area (Å²) < 4.78 is 10.6. The molecule has 0 aliphatic carbocycles. The third-order valence-electron chi connectivity index (χ3n) is 3.28. The van der Waals surface area contributed by atoms with E-state index in [1.165, 1.54) is 6.08 Å². The molecule has 0 atom stereocenters. The zero-order chi connectivity index (χ0) is 14.0. The first-order valence-corrected chi connectivity index (χ1v) is 6.54. The molecule has 1 fully saturated rings. The minimum Gasteiger partial charge on any atom is -0.437 e. The number of hydrogen-bond acceptors (Lipinski definition) is 4. The first-order chi connectivity index (χ1) is 9.65. The molecule has 1 aliphatic rings. The number of nitrogens with one attached hydrogen (secondary N) is 1. The lowest BCUT2D eigenvalue weighted by molar-refractivity contribution is -0.122. The molecule has 0 radical (unpaired) electrons. The number of fused-ring (bicyclic) bond motifs is 1. The highest BCUT2D eigenvalue weighted by atomic mass is 16.5. The lowest BCUT2D eigenvalue weighted by Gasteiger charge is -2.37. The number of hydrogen-bond donors (Lipinski definition) is 1. The fraction of sp³-hybridized carbons (Fsp3) is 0.333. The first kappa shape index (κ1) is 12.9. The molecule has 1 aromatic heterocycles. The molecule has 104 valence electrons. The van der Waals surface area contributed by atoms with Crippen molar-refractivity contribution >= 4 is 23.1 Å². The van der Waals surface area contributed by atoms with Crippen molar-refractivity contribution in [2.24, 2.45) is 5.41 Å². The number of rotatable bonds is 4. The molecule has 5 heteroatoms. The van der Waals surface area contributed by atoms with E-state index in [1.54, 1.807) is 6.08 Å². The molecule has 20 heavy (non-hydrogen) atoms. The lowest BCUT2D eigenvalue weighted by Crippen LogP contribution is -2.48. The summed E-state index contributed by atoms with van der Waals surface area (Å²) in [6.07, 6.45) is 3.02. The van der Waals surface area contributed by atoms with Crippen molar-refractivity contribution in [3.63, 3.8) is 0 Å². The molecule has 2 heterocycles. The maximum atomic E-state index is 11.7.